The lowest BCUT2D eigenvalue weighted by Crippen LogP contribution is -2.41. The van der Waals surface area contributed by atoms with Gasteiger partial charge in [0, 0.05) is 5.02 Å². The zero-order valence-electron chi connectivity index (χ0n) is 11.2. The molecule has 2 aromatic rings. The Hall–Kier alpha value is -2.05. The first-order valence-corrected chi connectivity index (χ1v) is 7.82. The van der Waals surface area contributed by atoms with E-state index in [0.717, 1.165) is 0 Å². The van der Waals surface area contributed by atoms with Gasteiger partial charge in [-0.2, -0.15) is 4.31 Å². The number of rotatable bonds is 3. The molecular weight excluding hydrogens is 312 g/mol. The van der Waals surface area contributed by atoms with Crippen LogP contribution in [-0.2, 0) is 10.0 Å². The van der Waals surface area contributed by atoms with Gasteiger partial charge in [-0.25, -0.2) is 13.2 Å². The number of anilines is 1. The number of halogens is 1. The number of benzene rings is 2. The molecule has 0 saturated carbocycles. The molecule has 0 aliphatic heterocycles. The van der Waals surface area contributed by atoms with E-state index >= 15 is 0 Å². The second-order valence-electron chi connectivity index (χ2n) is 4.35. The molecule has 0 saturated heterocycles. The molecule has 21 heavy (non-hydrogen) atoms. The maximum absolute atomic E-state index is 12.7. The van der Waals surface area contributed by atoms with Crippen molar-refractivity contribution in [3.63, 3.8) is 0 Å². The van der Waals surface area contributed by atoms with E-state index in [-0.39, 0.29) is 10.6 Å². The Morgan fingerprint density at radius 2 is 1.81 bits per heavy atom. The van der Waals surface area contributed by atoms with Crippen molar-refractivity contribution in [2.45, 2.75) is 11.8 Å². The number of carbonyl (C=O) groups excluding carboxylic acids is 1. The largest absolute Gasteiger partial charge is 0.350 e. The van der Waals surface area contributed by atoms with Crippen LogP contribution in [0, 0.1) is 6.92 Å². The van der Waals surface area contributed by atoms with Crippen molar-refractivity contribution < 1.29 is 13.2 Å². The Morgan fingerprint density at radius 3 is 2.38 bits per heavy atom. The van der Waals surface area contributed by atoms with Gasteiger partial charge in [0.15, 0.2) is 0 Å². The zero-order chi connectivity index (χ0) is 15.6. The van der Waals surface area contributed by atoms with E-state index in [1.807, 2.05) is 0 Å². The van der Waals surface area contributed by atoms with E-state index in [0.29, 0.717) is 14.9 Å². The molecule has 0 unspecified atom stereocenters. The second-order valence-corrected chi connectivity index (χ2v) is 6.54. The first-order chi connectivity index (χ1) is 9.84. The SMILES string of the molecule is Cc1ccccc1S(=O)(=O)N(C(N)=O)c1cccc(Cl)c1. The number of nitrogens with two attached hydrogens (primary N) is 1. The van der Waals surface area contributed by atoms with E-state index < -0.39 is 16.1 Å². The lowest BCUT2D eigenvalue weighted by atomic mass is 10.2. The molecule has 2 aromatic carbocycles. The molecular formula is C14H13ClN2O3S. The summed E-state index contributed by atoms with van der Waals surface area (Å²) in [4.78, 5) is 11.7. The normalized spacial score (nSPS) is 11.1. The molecule has 0 atom stereocenters. The number of aryl methyl sites for hydroxylation is 1. The van der Waals surface area contributed by atoms with Crippen molar-refractivity contribution in [2.75, 3.05) is 4.31 Å². The third-order valence-electron chi connectivity index (χ3n) is 2.85. The molecule has 0 bridgehead atoms. The number of amides is 2. The Bertz CT molecular complexity index is 790. The van der Waals surface area contributed by atoms with Crippen LogP contribution in [0.15, 0.2) is 53.4 Å². The predicted octanol–water partition coefficient (Wildman–Crippen LogP) is 2.92. The molecule has 0 spiro atoms. The molecule has 2 amide bonds. The fourth-order valence-electron chi connectivity index (χ4n) is 1.93. The minimum absolute atomic E-state index is 0.0174. The first kappa shape index (κ1) is 15.3. The topological polar surface area (TPSA) is 80.5 Å². The van der Waals surface area contributed by atoms with E-state index in [9.17, 15) is 13.2 Å². The fraction of sp³-hybridized carbons (Fsp3) is 0.0714. The van der Waals surface area contributed by atoms with Gasteiger partial charge in [-0.1, -0.05) is 35.9 Å². The lowest BCUT2D eigenvalue weighted by molar-refractivity contribution is 0.257. The molecule has 2 N–H and O–H groups in total. The maximum Gasteiger partial charge on any atom is 0.333 e. The first-order valence-electron chi connectivity index (χ1n) is 6.00. The summed E-state index contributed by atoms with van der Waals surface area (Å²) >= 11 is 5.85. The Morgan fingerprint density at radius 1 is 1.14 bits per heavy atom. The van der Waals surface area contributed by atoms with Gasteiger partial charge in [-0.3, -0.25) is 0 Å². The maximum atomic E-state index is 12.7. The van der Waals surface area contributed by atoms with Crippen LogP contribution in [-0.4, -0.2) is 14.4 Å². The van der Waals surface area contributed by atoms with Gasteiger partial charge >= 0.3 is 6.03 Å². The Labute approximate surface area is 128 Å². The van der Waals surface area contributed by atoms with Crippen LogP contribution in [0.3, 0.4) is 0 Å². The average Bonchev–Trinajstić information content (AvgIpc) is 2.38. The lowest BCUT2D eigenvalue weighted by Gasteiger charge is -2.21. The number of primary amides is 1. The summed E-state index contributed by atoms with van der Waals surface area (Å²) in [6, 6.07) is 11.2. The molecule has 0 heterocycles. The third-order valence-corrected chi connectivity index (χ3v) is 4.98. The Kier molecular flexibility index (Phi) is 4.20. The van der Waals surface area contributed by atoms with Crippen LogP contribution in [0.5, 0.6) is 0 Å². The standard InChI is InChI=1S/C14H13ClN2O3S/c1-10-5-2-3-8-13(10)21(19,20)17(14(16)18)12-7-4-6-11(15)9-12/h2-9H,1H3,(H2,16,18). The highest BCUT2D eigenvalue weighted by molar-refractivity contribution is 7.93. The third kappa shape index (κ3) is 3.01. The van der Waals surface area contributed by atoms with Crippen molar-refractivity contribution in [3.8, 4) is 0 Å². The van der Waals surface area contributed by atoms with Gasteiger partial charge in [-0.05, 0) is 36.8 Å². The summed E-state index contributed by atoms with van der Waals surface area (Å²) in [6.45, 7) is 1.64. The molecule has 0 aromatic heterocycles. The summed E-state index contributed by atoms with van der Waals surface area (Å²) in [5, 5.41) is 0.304. The molecule has 0 aliphatic rings. The molecule has 110 valence electrons. The van der Waals surface area contributed by atoms with Gasteiger partial charge < -0.3 is 5.73 Å². The van der Waals surface area contributed by atoms with E-state index in [1.54, 1.807) is 37.3 Å². The highest BCUT2D eigenvalue weighted by Crippen LogP contribution is 2.27. The van der Waals surface area contributed by atoms with Crippen LogP contribution < -0.4 is 10.0 Å². The molecule has 2 rings (SSSR count). The summed E-state index contributed by atoms with van der Waals surface area (Å²) in [7, 11) is -4.10. The number of carbonyl (C=O) groups is 1. The second kappa shape index (κ2) is 5.75. The summed E-state index contributed by atoms with van der Waals surface area (Å²) in [5.41, 5.74) is 5.87. The number of hydrogen-bond acceptors (Lipinski definition) is 3. The van der Waals surface area contributed by atoms with E-state index in [1.165, 1.54) is 18.2 Å². The molecule has 7 heteroatoms. The van der Waals surface area contributed by atoms with Crippen molar-refractivity contribution >= 4 is 33.3 Å². The number of urea groups is 1. The smallest absolute Gasteiger partial charge is 0.333 e. The van der Waals surface area contributed by atoms with Crippen LogP contribution in [0.2, 0.25) is 5.02 Å². The van der Waals surface area contributed by atoms with Crippen LogP contribution in [0.1, 0.15) is 5.56 Å². The van der Waals surface area contributed by atoms with Crippen molar-refractivity contribution in [3.05, 3.63) is 59.1 Å². The van der Waals surface area contributed by atoms with Crippen LogP contribution in [0.25, 0.3) is 0 Å². The van der Waals surface area contributed by atoms with Crippen LogP contribution in [0.4, 0.5) is 10.5 Å². The quantitative estimate of drug-likeness (QED) is 0.942. The molecule has 0 radical (unpaired) electrons. The minimum atomic E-state index is -4.10. The molecule has 5 nitrogen and oxygen atoms in total. The summed E-state index contributed by atoms with van der Waals surface area (Å²) in [5.74, 6) is 0. The monoisotopic (exact) mass is 324 g/mol. The van der Waals surface area contributed by atoms with Gasteiger partial charge in [0.1, 0.15) is 0 Å². The minimum Gasteiger partial charge on any atom is -0.350 e. The van der Waals surface area contributed by atoms with E-state index in [2.05, 4.69) is 0 Å². The molecule has 0 aliphatic carbocycles. The van der Waals surface area contributed by atoms with Crippen molar-refractivity contribution in [2.24, 2.45) is 5.73 Å². The highest BCUT2D eigenvalue weighted by atomic mass is 35.5. The van der Waals surface area contributed by atoms with Gasteiger partial charge in [0.2, 0.25) is 0 Å². The van der Waals surface area contributed by atoms with Crippen molar-refractivity contribution in [1.82, 2.24) is 0 Å². The average molecular weight is 325 g/mol. The van der Waals surface area contributed by atoms with Gasteiger partial charge in [0.25, 0.3) is 10.0 Å². The fourth-order valence-corrected chi connectivity index (χ4v) is 3.67. The Balaban J connectivity index is 2.63. The number of sulfonamides is 1. The number of nitrogens with zero attached hydrogens (tertiary/aromatic N) is 1. The summed E-state index contributed by atoms with van der Waals surface area (Å²) in [6.07, 6.45) is 0. The molecule has 0 fully saturated rings. The summed E-state index contributed by atoms with van der Waals surface area (Å²) < 4.78 is 25.9. The van der Waals surface area contributed by atoms with Gasteiger partial charge in [-0.15, -0.1) is 0 Å². The van der Waals surface area contributed by atoms with Crippen LogP contribution >= 0.6 is 11.6 Å². The van der Waals surface area contributed by atoms with Gasteiger partial charge in [0.05, 0.1) is 10.6 Å². The van der Waals surface area contributed by atoms with E-state index in [4.69, 9.17) is 17.3 Å². The highest BCUT2D eigenvalue weighted by Gasteiger charge is 2.30. The van der Waals surface area contributed by atoms with Crippen molar-refractivity contribution in [1.29, 1.82) is 0 Å². The number of hydrogen-bond donors (Lipinski definition) is 1. The zero-order valence-corrected chi connectivity index (χ0v) is 12.7. The predicted molar refractivity (Wildman–Crippen MR) is 81.9 cm³/mol.